The Bertz CT molecular complexity index is 1120. The first kappa shape index (κ1) is 18.7. The Hall–Kier alpha value is -3.65. The highest BCUT2D eigenvalue weighted by molar-refractivity contribution is 5.99. The third kappa shape index (κ3) is 4.12. The molecule has 2 heterocycles. The predicted octanol–water partition coefficient (Wildman–Crippen LogP) is 2.64. The van der Waals surface area contributed by atoms with Gasteiger partial charge in [-0.25, -0.2) is 4.68 Å². The second kappa shape index (κ2) is 8.57. The summed E-state index contributed by atoms with van der Waals surface area (Å²) in [5.74, 6) is -0.162. The number of tetrazole rings is 1. The van der Waals surface area contributed by atoms with Crippen molar-refractivity contribution in [3.63, 3.8) is 0 Å². The average molecular weight is 388 g/mol. The van der Waals surface area contributed by atoms with Crippen molar-refractivity contribution < 1.29 is 9.53 Å². The first-order valence-electron chi connectivity index (χ1n) is 9.26. The number of nitrogens with zero attached hydrogens (tertiary/aromatic N) is 5. The molecule has 1 amide bonds. The topological polar surface area (TPSA) is 94.8 Å². The number of carbonyl (C=O) groups is 1. The van der Waals surface area contributed by atoms with Crippen molar-refractivity contribution in [2.75, 3.05) is 20.3 Å². The molecule has 2 aromatic carbocycles. The van der Waals surface area contributed by atoms with Crippen LogP contribution < -0.4 is 5.32 Å². The van der Waals surface area contributed by atoms with E-state index < -0.39 is 0 Å². The maximum atomic E-state index is 12.7. The Kier molecular flexibility index (Phi) is 5.53. The summed E-state index contributed by atoms with van der Waals surface area (Å²) in [6.07, 6.45) is 4.01. The first-order valence-corrected chi connectivity index (χ1v) is 9.26. The van der Waals surface area contributed by atoms with Crippen molar-refractivity contribution in [1.82, 2.24) is 30.5 Å². The van der Waals surface area contributed by atoms with Crippen molar-refractivity contribution in [1.29, 1.82) is 0 Å². The molecule has 4 aromatic rings. The second-order valence-electron chi connectivity index (χ2n) is 6.51. The number of rotatable bonds is 7. The SMILES string of the molecule is COCCCNC(=O)c1cc(-c2cccc3cccnc23)cc(-n2cnnn2)c1. The van der Waals surface area contributed by atoms with Crippen molar-refractivity contribution in [2.45, 2.75) is 6.42 Å². The van der Waals surface area contributed by atoms with Gasteiger partial charge in [-0.1, -0.05) is 24.3 Å². The van der Waals surface area contributed by atoms with E-state index >= 15 is 0 Å². The van der Waals surface area contributed by atoms with Gasteiger partial charge in [-0.15, -0.1) is 5.10 Å². The molecule has 0 aliphatic rings. The van der Waals surface area contributed by atoms with Crippen molar-refractivity contribution in [2.24, 2.45) is 0 Å². The fourth-order valence-corrected chi connectivity index (χ4v) is 3.17. The summed E-state index contributed by atoms with van der Waals surface area (Å²) in [5.41, 5.74) is 3.90. The van der Waals surface area contributed by atoms with Crippen LogP contribution in [0.15, 0.2) is 61.1 Å². The van der Waals surface area contributed by atoms with E-state index in [0.717, 1.165) is 28.5 Å². The van der Waals surface area contributed by atoms with E-state index in [9.17, 15) is 4.79 Å². The van der Waals surface area contributed by atoms with Crippen LogP contribution in [0.5, 0.6) is 0 Å². The molecule has 4 rings (SSSR count). The van der Waals surface area contributed by atoms with Gasteiger partial charge >= 0.3 is 0 Å². The van der Waals surface area contributed by atoms with Crippen LogP contribution in [0, 0.1) is 0 Å². The second-order valence-corrected chi connectivity index (χ2v) is 6.51. The van der Waals surface area contributed by atoms with Gasteiger partial charge in [0, 0.05) is 43.0 Å². The molecule has 0 bridgehead atoms. The van der Waals surface area contributed by atoms with E-state index in [-0.39, 0.29) is 5.91 Å². The molecule has 0 fully saturated rings. The van der Waals surface area contributed by atoms with Crippen molar-refractivity contribution in [3.05, 3.63) is 66.6 Å². The van der Waals surface area contributed by atoms with Crippen LogP contribution in [0.4, 0.5) is 0 Å². The number of nitrogens with one attached hydrogen (secondary N) is 1. The van der Waals surface area contributed by atoms with Gasteiger partial charge in [0.1, 0.15) is 6.33 Å². The summed E-state index contributed by atoms with van der Waals surface area (Å²) in [6.45, 7) is 1.13. The van der Waals surface area contributed by atoms with Crippen LogP contribution in [-0.2, 0) is 4.74 Å². The molecule has 0 saturated heterocycles. The Morgan fingerprint density at radius 2 is 2.07 bits per heavy atom. The summed E-state index contributed by atoms with van der Waals surface area (Å²) < 4.78 is 6.56. The smallest absolute Gasteiger partial charge is 0.251 e. The van der Waals surface area contributed by atoms with E-state index in [2.05, 4.69) is 25.8 Å². The van der Waals surface area contributed by atoms with Gasteiger partial charge in [0.15, 0.2) is 0 Å². The predicted molar refractivity (Wildman–Crippen MR) is 109 cm³/mol. The maximum Gasteiger partial charge on any atom is 0.251 e. The van der Waals surface area contributed by atoms with E-state index in [1.807, 2.05) is 42.5 Å². The molecule has 0 spiro atoms. The quantitative estimate of drug-likeness (QED) is 0.489. The number of aromatic nitrogens is 5. The Labute approximate surface area is 167 Å². The van der Waals surface area contributed by atoms with Crippen molar-refractivity contribution in [3.8, 4) is 16.8 Å². The zero-order chi connectivity index (χ0) is 20.1. The lowest BCUT2D eigenvalue weighted by Gasteiger charge is -2.12. The van der Waals surface area contributed by atoms with Gasteiger partial charge in [0.25, 0.3) is 5.91 Å². The molecule has 0 atom stereocenters. The fraction of sp³-hybridized carbons (Fsp3) is 0.190. The molecule has 29 heavy (non-hydrogen) atoms. The Morgan fingerprint density at radius 1 is 1.17 bits per heavy atom. The number of ether oxygens (including phenoxy) is 1. The molecule has 1 N–H and O–H groups in total. The van der Waals surface area contributed by atoms with Crippen LogP contribution in [0.25, 0.3) is 27.7 Å². The van der Waals surface area contributed by atoms with Crippen LogP contribution in [0.1, 0.15) is 16.8 Å². The molecule has 0 radical (unpaired) electrons. The highest BCUT2D eigenvalue weighted by Crippen LogP contribution is 2.29. The number of hydrogen-bond donors (Lipinski definition) is 1. The van der Waals surface area contributed by atoms with Crippen molar-refractivity contribution >= 4 is 16.8 Å². The lowest BCUT2D eigenvalue weighted by Crippen LogP contribution is -2.25. The normalized spacial score (nSPS) is 10.9. The molecule has 8 heteroatoms. The van der Waals surface area contributed by atoms with Gasteiger partial charge in [0.2, 0.25) is 0 Å². The third-order valence-electron chi connectivity index (χ3n) is 4.55. The van der Waals surface area contributed by atoms with Crippen LogP contribution >= 0.6 is 0 Å². The highest BCUT2D eigenvalue weighted by Gasteiger charge is 2.13. The molecular weight excluding hydrogens is 368 g/mol. The number of benzene rings is 2. The molecule has 0 saturated carbocycles. The number of para-hydroxylation sites is 1. The summed E-state index contributed by atoms with van der Waals surface area (Å²) in [4.78, 5) is 17.3. The number of pyridine rings is 1. The largest absolute Gasteiger partial charge is 0.385 e. The lowest BCUT2D eigenvalue weighted by molar-refractivity contribution is 0.0948. The monoisotopic (exact) mass is 388 g/mol. The number of methoxy groups -OCH3 is 1. The summed E-state index contributed by atoms with van der Waals surface area (Å²) >= 11 is 0. The average Bonchev–Trinajstić information content (AvgIpc) is 3.31. The van der Waals surface area contributed by atoms with Gasteiger partial charge in [-0.3, -0.25) is 9.78 Å². The molecule has 8 nitrogen and oxygen atoms in total. The molecule has 0 aliphatic carbocycles. The van der Waals surface area contributed by atoms with E-state index in [4.69, 9.17) is 4.74 Å². The zero-order valence-corrected chi connectivity index (χ0v) is 15.9. The van der Waals surface area contributed by atoms with Crippen LogP contribution in [-0.4, -0.2) is 51.4 Å². The van der Waals surface area contributed by atoms with Crippen LogP contribution in [0.3, 0.4) is 0 Å². The van der Waals surface area contributed by atoms with E-state index in [1.54, 1.807) is 19.4 Å². The minimum absolute atomic E-state index is 0.162. The lowest BCUT2D eigenvalue weighted by atomic mass is 9.99. The molecule has 0 unspecified atom stereocenters. The van der Waals surface area contributed by atoms with E-state index in [0.29, 0.717) is 24.4 Å². The highest BCUT2D eigenvalue weighted by atomic mass is 16.5. The van der Waals surface area contributed by atoms with Gasteiger partial charge in [-0.2, -0.15) is 0 Å². The minimum atomic E-state index is -0.162. The minimum Gasteiger partial charge on any atom is -0.385 e. The number of carbonyl (C=O) groups excluding carboxylic acids is 1. The molecule has 2 aromatic heterocycles. The fourth-order valence-electron chi connectivity index (χ4n) is 3.17. The van der Waals surface area contributed by atoms with Gasteiger partial charge < -0.3 is 10.1 Å². The molecule has 146 valence electrons. The number of amides is 1. The zero-order valence-electron chi connectivity index (χ0n) is 15.9. The van der Waals surface area contributed by atoms with Crippen LogP contribution in [0.2, 0.25) is 0 Å². The van der Waals surface area contributed by atoms with Gasteiger partial charge in [0.05, 0.1) is 11.2 Å². The number of fused-ring (bicyclic) bond motifs is 1. The number of hydrogen-bond acceptors (Lipinski definition) is 6. The summed E-state index contributed by atoms with van der Waals surface area (Å²) in [5, 5.41) is 15.3. The van der Waals surface area contributed by atoms with Gasteiger partial charge in [-0.05, 0) is 46.7 Å². The Morgan fingerprint density at radius 3 is 2.90 bits per heavy atom. The standard InChI is InChI=1S/C21H20N6O2/c1-29-10-4-9-23-21(28)17-11-16(12-18(13-17)27-14-24-25-26-27)19-7-2-5-15-6-3-8-22-20(15)19/h2-3,5-8,11-14H,4,9-10H2,1H3,(H,23,28). The molecule has 0 aliphatic heterocycles. The third-order valence-corrected chi connectivity index (χ3v) is 4.55. The van der Waals surface area contributed by atoms with E-state index in [1.165, 1.54) is 11.0 Å². The first-order chi connectivity index (χ1) is 14.3. The Balaban J connectivity index is 1.77. The molecular formula is C21H20N6O2. The summed E-state index contributed by atoms with van der Waals surface area (Å²) in [7, 11) is 1.64. The summed E-state index contributed by atoms with van der Waals surface area (Å²) in [6, 6.07) is 15.5. The maximum absolute atomic E-state index is 12.7.